The standard InChI is InChI=1S/C13H17N3O/c1-3-10-16(11-4-2)13(17)15-14-12-8-6-5-7-9-12/h3-9,14H,1-2,10-11H2,(H,15,17). The van der Waals surface area contributed by atoms with Gasteiger partial charge in [-0.25, -0.2) is 4.79 Å². The second-order valence-electron chi connectivity index (χ2n) is 3.40. The highest BCUT2D eigenvalue weighted by Gasteiger charge is 2.08. The number of hydrazine groups is 1. The molecule has 2 N–H and O–H groups in total. The predicted octanol–water partition coefficient (Wildman–Crippen LogP) is 2.40. The van der Waals surface area contributed by atoms with Gasteiger partial charge in [-0.2, -0.15) is 0 Å². The Balaban J connectivity index is 2.46. The molecule has 0 radical (unpaired) electrons. The summed E-state index contributed by atoms with van der Waals surface area (Å²) in [7, 11) is 0. The highest BCUT2D eigenvalue weighted by Crippen LogP contribution is 2.02. The van der Waals surface area contributed by atoms with Crippen LogP contribution in [0.15, 0.2) is 55.6 Å². The van der Waals surface area contributed by atoms with Gasteiger partial charge in [-0.1, -0.05) is 30.4 Å². The molecule has 0 heterocycles. The Morgan fingerprint density at radius 1 is 1.18 bits per heavy atom. The summed E-state index contributed by atoms with van der Waals surface area (Å²) in [6.45, 7) is 8.18. The average Bonchev–Trinajstić information content (AvgIpc) is 2.37. The lowest BCUT2D eigenvalue weighted by molar-refractivity contribution is 0.210. The molecule has 2 amide bonds. The number of amides is 2. The lowest BCUT2D eigenvalue weighted by atomic mass is 10.3. The van der Waals surface area contributed by atoms with Gasteiger partial charge < -0.3 is 4.90 Å². The third kappa shape index (κ3) is 4.42. The van der Waals surface area contributed by atoms with Crippen molar-refractivity contribution < 1.29 is 4.79 Å². The molecule has 0 fully saturated rings. The highest BCUT2D eigenvalue weighted by atomic mass is 16.2. The number of nitrogens with one attached hydrogen (secondary N) is 2. The summed E-state index contributed by atoms with van der Waals surface area (Å²) in [6, 6.07) is 9.21. The fourth-order valence-corrected chi connectivity index (χ4v) is 1.28. The molecular weight excluding hydrogens is 214 g/mol. The van der Waals surface area contributed by atoms with Gasteiger partial charge in [0.1, 0.15) is 0 Å². The van der Waals surface area contributed by atoms with E-state index in [4.69, 9.17) is 0 Å². The van der Waals surface area contributed by atoms with Crippen LogP contribution in [0.1, 0.15) is 0 Å². The molecule has 0 saturated carbocycles. The quantitative estimate of drug-likeness (QED) is 0.583. The minimum absolute atomic E-state index is 0.214. The van der Waals surface area contributed by atoms with Crippen LogP contribution < -0.4 is 10.9 Å². The van der Waals surface area contributed by atoms with Gasteiger partial charge >= 0.3 is 6.03 Å². The molecule has 0 saturated heterocycles. The van der Waals surface area contributed by atoms with Gasteiger partial charge in [0.05, 0.1) is 5.69 Å². The van der Waals surface area contributed by atoms with Crippen molar-refractivity contribution in [3.05, 3.63) is 55.6 Å². The number of carbonyl (C=O) groups excluding carboxylic acids is 1. The first-order valence-corrected chi connectivity index (χ1v) is 5.35. The first kappa shape index (κ1) is 12.8. The zero-order valence-corrected chi connectivity index (χ0v) is 9.73. The van der Waals surface area contributed by atoms with Crippen molar-refractivity contribution in [2.45, 2.75) is 0 Å². The van der Waals surface area contributed by atoms with E-state index in [1.165, 1.54) is 0 Å². The van der Waals surface area contributed by atoms with Gasteiger partial charge in [0.2, 0.25) is 0 Å². The van der Waals surface area contributed by atoms with Crippen molar-refractivity contribution in [3.63, 3.8) is 0 Å². The van der Waals surface area contributed by atoms with Crippen molar-refractivity contribution in [2.75, 3.05) is 18.5 Å². The molecule has 0 aliphatic carbocycles. The van der Waals surface area contributed by atoms with Gasteiger partial charge in [-0.3, -0.25) is 10.9 Å². The topological polar surface area (TPSA) is 44.4 Å². The Labute approximate surface area is 102 Å². The van der Waals surface area contributed by atoms with Crippen LogP contribution in [0.3, 0.4) is 0 Å². The van der Waals surface area contributed by atoms with Crippen molar-refractivity contribution in [3.8, 4) is 0 Å². The summed E-state index contributed by atoms with van der Waals surface area (Å²) >= 11 is 0. The summed E-state index contributed by atoms with van der Waals surface area (Å²) in [5.41, 5.74) is 6.27. The number of urea groups is 1. The van der Waals surface area contributed by atoms with E-state index in [1.54, 1.807) is 17.1 Å². The largest absolute Gasteiger partial charge is 0.336 e. The maximum absolute atomic E-state index is 11.8. The van der Waals surface area contributed by atoms with Crippen molar-refractivity contribution >= 4 is 11.7 Å². The fourth-order valence-electron chi connectivity index (χ4n) is 1.28. The smallest absolute Gasteiger partial charge is 0.316 e. The minimum atomic E-state index is -0.214. The zero-order chi connectivity index (χ0) is 12.5. The van der Waals surface area contributed by atoms with E-state index >= 15 is 0 Å². The third-order valence-electron chi connectivity index (χ3n) is 2.07. The normalized spacial score (nSPS) is 9.18. The van der Waals surface area contributed by atoms with Gasteiger partial charge in [0.15, 0.2) is 0 Å². The van der Waals surface area contributed by atoms with Crippen LogP contribution in [0.5, 0.6) is 0 Å². The number of rotatable bonds is 6. The minimum Gasteiger partial charge on any atom is -0.316 e. The van der Waals surface area contributed by atoms with Gasteiger partial charge in [-0.05, 0) is 12.1 Å². The fraction of sp³-hybridized carbons (Fsp3) is 0.154. The zero-order valence-electron chi connectivity index (χ0n) is 9.73. The third-order valence-corrected chi connectivity index (χ3v) is 2.07. The summed E-state index contributed by atoms with van der Waals surface area (Å²) in [5.74, 6) is 0. The molecule has 0 atom stereocenters. The first-order valence-electron chi connectivity index (χ1n) is 5.35. The second-order valence-corrected chi connectivity index (χ2v) is 3.40. The summed E-state index contributed by atoms with van der Waals surface area (Å²) in [5, 5.41) is 0. The number of benzene rings is 1. The molecular formula is C13H17N3O. The second kappa shape index (κ2) is 7.11. The van der Waals surface area contributed by atoms with Gasteiger partial charge in [0.25, 0.3) is 0 Å². The van der Waals surface area contributed by atoms with Gasteiger partial charge in [-0.15, -0.1) is 13.2 Å². The number of anilines is 1. The van der Waals surface area contributed by atoms with Crippen LogP contribution in [0, 0.1) is 0 Å². The Morgan fingerprint density at radius 3 is 2.29 bits per heavy atom. The van der Waals surface area contributed by atoms with E-state index in [2.05, 4.69) is 24.0 Å². The van der Waals surface area contributed by atoms with Crippen LogP contribution in [0.4, 0.5) is 10.5 Å². The van der Waals surface area contributed by atoms with Crippen LogP contribution in [-0.2, 0) is 0 Å². The molecule has 0 aliphatic heterocycles. The molecule has 0 bridgehead atoms. The molecule has 0 spiro atoms. The van der Waals surface area contributed by atoms with Crippen LogP contribution in [-0.4, -0.2) is 24.0 Å². The Kier molecular flexibility index (Phi) is 5.37. The summed E-state index contributed by atoms with van der Waals surface area (Å²) in [4.78, 5) is 13.3. The number of hydrogen-bond donors (Lipinski definition) is 2. The molecule has 90 valence electrons. The van der Waals surface area contributed by atoms with E-state index in [-0.39, 0.29) is 6.03 Å². The SMILES string of the molecule is C=CCN(CC=C)C(=O)NNc1ccccc1. The number of para-hydroxylation sites is 1. The number of carbonyl (C=O) groups is 1. The maximum Gasteiger partial charge on any atom is 0.336 e. The summed E-state index contributed by atoms with van der Waals surface area (Å²) in [6.07, 6.45) is 3.34. The van der Waals surface area contributed by atoms with Crippen molar-refractivity contribution in [2.24, 2.45) is 0 Å². The molecule has 4 heteroatoms. The van der Waals surface area contributed by atoms with Crippen LogP contribution in [0.2, 0.25) is 0 Å². The molecule has 0 aromatic heterocycles. The lowest BCUT2D eigenvalue weighted by Gasteiger charge is -2.20. The molecule has 4 nitrogen and oxygen atoms in total. The highest BCUT2D eigenvalue weighted by molar-refractivity contribution is 5.76. The van der Waals surface area contributed by atoms with Crippen molar-refractivity contribution in [1.29, 1.82) is 0 Å². The molecule has 1 aromatic carbocycles. The number of nitrogens with zero attached hydrogens (tertiary/aromatic N) is 1. The molecule has 0 unspecified atom stereocenters. The lowest BCUT2D eigenvalue weighted by Crippen LogP contribution is -2.42. The first-order chi connectivity index (χ1) is 8.27. The molecule has 17 heavy (non-hydrogen) atoms. The van der Waals surface area contributed by atoms with Crippen molar-refractivity contribution in [1.82, 2.24) is 10.3 Å². The summed E-state index contributed by atoms with van der Waals surface area (Å²) < 4.78 is 0. The van der Waals surface area contributed by atoms with E-state index < -0.39 is 0 Å². The molecule has 1 rings (SSSR count). The predicted molar refractivity (Wildman–Crippen MR) is 70.6 cm³/mol. The Bertz CT molecular complexity index is 366. The Hall–Kier alpha value is -2.23. The average molecular weight is 231 g/mol. The molecule has 1 aromatic rings. The van der Waals surface area contributed by atoms with E-state index in [9.17, 15) is 4.79 Å². The monoisotopic (exact) mass is 231 g/mol. The molecule has 0 aliphatic rings. The van der Waals surface area contributed by atoms with E-state index in [0.29, 0.717) is 13.1 Å². The van der Waals surface area contributed by atoms with Gasteiger partial charge in [0, 0.05) is 13.1 Å². The maximum atomic E-state index is 11.8. The van der Waals surface area contributed by atoms with Crippen LogP contribution >= 0.6 is 0 Å². The van der Waals surface area contributed by atoms with E-state index in [0.717, 1.165) is 5.69 Å². The van der Waals surface area contributed by atoms with E-state index in [1.807, 2.05) is 30.3 Å². The number of hydrogen-bond acceptors (Lipinski definition) is 2. The van der Waals surface area contributed by atoms with Crippen LogP contribution in [0.25, 0.3) is 0 Å². The Morgan fingerprint density at radius 2 is 1.76 bits per heavy atom.